The Kier molecular flexibility index (Phi) is 8.52. The van der Waals surface area contributed by atoms with Crippen molar-refractivity contribution in [2.24, 2.45) is 5.41 Å². The van der Waals surface area contributed by atoms with Gasteiger partial charge in [-0.25, -0.2) is 0 Å². The fourth-order valence-corrected chi connectivity index (χ4v) is 1.81. The van der Waals surface area contributed by atoms with Gasteiger partial charge in [0, 0.05) is 6.54 Å². The van der Waals surface area contributed by atoms with Crippen LogP contribution < -0.4 is 0 Å². The van der Waals surface area contributed by atoms with E-state index in [4.69, 9.17) is 14.9 Å². The van der Waals surface area contributed by atoms with Crippen LogP contribution in [0, 0.1) is 5.41 Å². The van der Waals surface area contributed by atoms with Crippen molar-refractivity contribution in [2.45, 2.75) is 26.2 Å². The van der Waals surface area contributed by atoms with Gasteiger partial charge in [-0.3, -0.25) is 4.79 Å². The van der Waals surface area contributed by atoms with Crippen LogP contribution in [0.25, 0.3) is 0 Å². The minimum Gasteiger partial charge on any atom is -0.465 e. The van der Waals surface area contributed by atoms with E-state index in [1.807, 2.05) is 0 Å². The Bertz CT molecular complexity index is 240. The van der Waals surface area contributed by atoms with Gasteiger partial charge in [-0.1, -0.05) is 0 Å². The molecule has 1 heterocycles. The fraction of sp³-hybridized carbons (Fsp3) is 0.917. The van der Waals surface area contributed by atoms with Gasteiger partial charge in [0.1, 0.15) is 5.41 Å². The zero-order valence-corrected chi connectivity index (χ0v) is 11.7. The van der Waals surface area contributed by atoms with Crippen LogP contribution in [0.5, 0.6) is 0 Å². The fourth-order valence-electron chi connectivity index (χ4n) is 1.81. The monoisotopic (exact) mass is 281 g/mol. The molecule has 0 radical (unpaired) electrons. The van der Waals surface area contributed by atoms with Crippen LogP contribution in [0.4, 0.5) is 0 Å². The number of carbonyl (C=O) groups is 1. The summed E-state index contributed by atoms with van der Waals surface area (Å²) in [5.74, 6) is -0.524. The normalized spacial score (nSPS) is 16.4. The highest BCUT2D eigenvalue weighted by Gasteiger charge is 2.33. The number of hydrogen-bond donors (Lipinski definition) is 2. The van der Waals surface area contributed by atoms with Crippen LogP contribution in [0.3, 0.4) is 0 Å². The van der Waals surface area contributed by atoms with Crippen molar-refractivity contribution in [1.82, 2.24) is 4.90 Å². The molecule has 5 nitrogen and oxygen atoms in total. The molecule has 0 atom stereocenters. The third kappa shape index (κ3) is 5.10. The van der Waals surface area contributed by atoms with Gasteiger partial charge in [-0.15, -0.1) is 12.4 Å². The average Bonchev–Trinajstić information content (AvgIpc) is 2.86. The summed E-state index contributed by atoms with van der Waals surface area (Å²) in [6, 6.07) is 0. The number of carbonyl (C=O) groups excluding carboxylic acids is 1. The number of likely N-dealkylation sites (tertiary alicyclic amines) is 1. The predicted octanol–water partition coefficient (Wildman–Crippen LogP) is 0.428. The highest BCUT2D eigenvalue weighted by molar-refractivity contribution is 5.85. The van der Waals surface area contributed by atoms with Crippen LogP contribution >= 0.6 is 12.4 Å². The maximum Gasteiger partial charge on any atom is 0.316 e. The van der Waals surface area contributed by atoms with Crippen molar-refractivity contribution >= 4 is 18.4 Å². The van der Waals surface area contributed by atoms with Gasteiger partial charge < -0.3 is 19.8 Å². The molecule has 18 heavy (non-hydrogen) atoms. The molecule has 0 aromatic rings. The summed E-state index contributed by atoms with van der Waals surface area (Å²) >= 11 is 0. The van der Waals surface area contributed by atoms with Crippen molar-refractivity contribution in [3.05, 3.63) is 0 Å². The van der Waals surface area contributed by atoms with Crippen LogP contribution in [0.15, 0.2) is 0 Å². The van der Waals surface area contributed by atoms with E-state index in [1.54, 1.807) is 0 Å². The second-order valence-electron chi connectivity index (χ2n) is 4.92. The molecule has 0 amide bonds. The first-order valence-corrected chi connectivity index (χ1v) is 6.24. The summed E-state index contributed by atoms with van der Waals surface area (Å²) in [7, 11) is 0. The van der Waals surface area contributed by atoms with Crippen molar-refractivity contribution in [3.8, 4) is 0 Å². The van der Waals surface area contributed by atoms with E-state index in [0.717, 1.165) is 26.1 Å². The first-order chi connectivity index (χ1) is 8.12. The summed E-state index contributed by atoms with van der Waals surface area (Å²) in [6.45, 7) is 4.28. The molecule has 0 saturated carbocycles. The summed E-state index contributed by atoms with van der Waals surface area (Å²) in [5.41, 5.74) is -1.17. The van der Waals surface area contributed by atoms with Gasteiger partial charge in [-0.2, -0.15) is 0 Å². The number of halogens is 1. The van der Waals surface area contributed by atoms with Gasteiger partial charge in [0.25, 0.3) is 0 Å². The molecular formula is C12H24ClNO4. The van der Waals surface area contributed by atoms with Gasteiger partial charge in [0.2, 0.25) is 0 Å². The smallest absolute Gasteiger partial charge is 0.316 e. The average molecular weight is 282 g/mol. The molecule has 2 N–H and O–H groups in total. The minimum atomic E-state index is -1.17. The highest BCUT2D eigenvalue weighted by atomic mass is 35.5. The maximum absolute atomic E-state index is 11.6. The molecule has 0 bridgehead atoms. The molecule has 108 valence electrons. The van der Waals surface area contributed by atoms with Gasteiger partial charge in [0.05, 0.1) is 19.8 Å². The van der Waals surface area contributed by atoms with E-state index < -0.39 is 24.6 Å². The Balaban J connectivity index is 0.00000289. The lowest BCUT2D eigenvalue weighted by Crippen LogP contribution is -2.37. The topological polar surface area (TPSA) is 70.0 Å². The van der Waals surface area contributed by atoms with Crippen molar-refractivity contribution in [3.63, 3.8) is 0 Å². The molecule has 0 aromatic carbocycles. The molecule has 0 aliphatic carbocycles. The zero-order valence-electron chi connectivity index (χ0n) is 10.9. The van der Waals surface area contributed by atoms with E-state index in [9.17, 15) is 4.79 Å². The predicted molar refractivity (Wildman–Crippen MR) is 70.8 cm³/mol. The standard InChI is InChI=1S/C12H23NO4.ClH/c1-12(9-14,10-15)11(16)17-8-4-7-13-5-2-3-6-13;/h14-15H,2-10H2,1H3;1H. The van der Waals surface area contributed by atoms with E-state index in [1.165, 1.54) is 19.8 Å². The van der Waals surface area contributed by atoms with Crippen LogP contribution in [-0.2, 0) is 9.53 Å². The van der Waals surface area contributed by atoms with Crippen LogP contribution in [-0.4, -0.2) is 60.5 Å². The number of ether oxygens (including phenoxy) is 1. The molecule has 0 spiro atoms. The van der Waals surface area contributed by atoms with Gasteiger partial charge >= 0.3 is 5.97 Å². The van der Waals surface area contributed by atoms with E-state index in [-0.39, 0.29) is 12.4 Å². The lowest BCUT2D eigenvalue weighted by atomic mass is 9.93. The second-order valence-corrected chi connectivity index (χ2v) is 4.92. The van der Waals surface area contributed by atoms with Crippen LogP contribution in [0.2, 0.25) is 0 Å². The molecule has 1 aliphatic rings. The summed E-state index contributed by atoms with van der Waals surface area (Å²) < 4.78 is 5.06. The second kappa shape index (κ2) is 8.69. The number of esters is 1. The third-order valence-electron chi connectivity index (χ3n) is 3.24. The van der Waals surface area contributed by atoms with Gasteiger partial charge in [0.15, 0.2) is 0 Å². The highest BCUT2D eigenvalue weighted by Crippen LogP contribution is 2.16. The van der Waals surface area contributed by atoms with Crippen molar-refractivity contribution < 1.29 is 19.7 Å². The molecule has 0 aromatic heterocycles. The lowest BCUT2D eigenvalue weighted by Gasteiger charge is -2.22. The molecule has 6 heteroatoms. The largest absolute Gasteiger partial charge is 0.465 e. The van der Waals surface area contributed by atoms with E-state index in [2.05, 4.69) is 4.90 Å². The zero-order chi connectivity index (χ0) is 12.7. The van der Waals surface area contributed by atoms with Crippen LogP contribution in [0.1, 0.15) is 26.2 Å². The molecule has 0 unspecified atom stereocenters. The van der Waals surface area contributed by atoms with Gasteiger partial charge in [-0.05, 0) is 39.3 Å². The molecule has 1 aliphatic heterocycles. The third-order valence-corrected chi connectivity index (χ3v) is 3.24. The molecular weight excluding hydrogens is 258 g/mol. The Morgan fingerprint density at radius 2 is 1.83 bits per heavy atom. The summed E-state index contributed by atoms with van der Waals surface area (Å²) in [4.78, 5) is 13.9. The van der Waals surface area contributed by atoms with E-state index in [0.29, 0.717) is 6.61 Å². The number of aliphatic hydroxyl groups excluding tert-OH is 2. The number of aliphatic hydroxyl groups is 2. The molecule has 1 rings (SSSR count). The summed E-state index contributed by atoms with van der Waals surface area (Å²) in [6.07, 6.45) is 3.32. The minimum absolute atomic E-state index is 0. The summed E-state index contributed by atoms with van der Waals surface area (Å²) in [5, 5.41) is 18.0. The molecule has 1 fully saturated rings. The Hall–Kier alpha value is -0.360. The number of rotatable bonds is 7. The Morgan fingerprint density at radius 3 is 2.33 bits per heavy atom. The first kappa shape index (κ1) is 17.6. The van der Waals surface area contributed by atoms with Crippen molar-refractivity contribution in [1.29, 1.82) is 0 Å². The van der Waals surface area contributed by atoms with Crippen molar-refractivity contribution in [2.75, 3.05) is 39.5 Å². The first-order valence-electron chi connectivity index (χ1n) is 6.24. The SMILES string of the molecule is CC(CO)(CO)C(=O)OCCCN1CCCC1.Cl. The maximum atomic E-state index is 11.6. The Morgan fingerprint density at radius 1 is 1.28 bits per heavy atom. The lowest BCUT2D eigenvalue weighted by molar-refractivity contribution is -0.160. The van der Waals surface area contributed by atoms with E-state index >= 15 is 0 Å². The number of nitrogens with zero attached hydrogens (tertiary/aromatic N) is 1. The molecule has 1 saturated heterocycles. The number of hydrogen-bond acceptors (Lipinski definition) is 5. The quantitative estimate of drug-likeness (QED) is 0.523. The Labute approximate surface area is 115 Å².